The van der Waals surface area contributed by atoms with Gasteiger partial charge in [0.2, 0.25) is 0 Å². The van der Waals surface area contributed by atoms with Crippen LogP contribution in [0.3, 0.4) is 0 Å². The molecule has 0 saturated carbocycles. The molecule has 0 aliphatic heterocycles. The zero-order valence-corrected chi connectivity index (χ0v) is 13.1. The minimum Gasteiger partial charge on any atom is -0.466 e. The molecular weight excluding hydrogens is 281 g/mol. The Hall–Kier alpha value is -1.13. The summed E-state index contributed by atoms with van der Waals surface area (Å²) in [6.07, 6.45) is 0.372. The summed E-state index contributed by atoms with van der Waals surface area (Å²) >= 11 is 6.03. The normalized spacial score (nSPS) is 13.2. The zero-order chi connectivity index (χ0) is 15.5. The van der Waals surface area contributed by atoms with Crippen LogP contribution in [0.25, 0.3) is 0 Å². The predicted octanol–water partition coefficient (Wildman–Crippen LogP) is 3.77. The van der Waals surface area contributed by atoms with E-state index >= 15 is 0 Å². The Morgan fingerprint density at radius 2 is 2.10 bits per heavy atom. The molecular formula is C15H21ClFNO2. The number of nitrogens with two attached hydrogens (primary N) is 1. The Kier molecular flexibility index (Phi) is 5.54. The average molecular weight is 302 g/mol. The molecule has 1 rings (SSSR count). The number of hydrogen-bond donors (Lipinski definition) is 1. The fourth-order valence-corrected chi connectivity index (χ4v) is 2.32. The lowest BCUT2D eigenvalue weighted by atomic mass is 9.83. The number of esters is 1. The SMILES string of the molecule is CCOC(=O)C(C)(C)CC(N)c1cc(C)c(F)cc1Cl. The van der Waals surface area contributed by atoms with Crippen molar-refractivity contribution in [2.45, 2.75) is 40.2 Å². The third kappa shape index (κ3) is 3.93. The average Bonchev–Trinajstić information content (AvgIpc) is 2.33. The van der Waals surface area contributed by atoms with Crippen LogP contribution in [0.4, 0.5) is 4.39 Å². The molecule has 0 heterocycles. The molecule has 3 nitrogen and oxygen atoms in total. The molecule has 0 aliphatic rings. The minimum atomic E-state index is -0.721. The van der Waals surface area contributed by atoms with E-state index in [0.717, 1.165) is 0 Å². The fourth-order valence-electron chi connectivity index (χ4n) is 2.03. The van der Waals surface area contributed by atoms with E-state index in [0.29, 0.717) is 24.2 Å². The summed E-state index contributed by atoms with van der Waals surface area (Å²) in [6.45, 7) is 7.28. The number of carbonyl (C=O) groups is 1. The molecule has 20 heavy (non-hydrogen) atoms. The van der Waals surface area contributed by atoms with Crippen LogP contribution in [-0.4, -0.2) is 12.6 Å². The van der Waals surface area contributed by atoms with Gasteiger partial charge in [-0.1, -0.05) is 17.7 Å². The van der Waals surface area contributed by atoms with E-state index in [4.69, 9.17) is 22.1 Å². The molecule has 0 aromatic heterocycles. The molecule has 0 aliphatic carbocycles. The number of rotatable bonds is 5. The molecule has 1 aromatic rings. The highest BCUT2D eigenvalue weighted by Gasteiger charge is 2.32. The predicted molar refractivity (Wildman–Crippen MR) is 78.1 cm³/mol. The lowest BCUT2D eigenvalue weighted by molar-refractivity contribution is -0.154. The quantitative estimate of drug-likeness (QED) is 0.842. The first-order valence-corrected chi connectivity index (χ1v) is 6.95. The first kappa shape index (κ1) is 16.9. The van der Waals surface area contributed by atoms with Gasteiger partial charge < -0.3 is 10.5 Å². The van der Waals surface area contributed by atoms with Crippen LogP contribution in [0, 0.1) is 18.2 Å². The van der Waals surface area contributed by atoms with Crippen molar-refractivity contribution in [3.05, 3.63) is 34.1 Å². The Bertz CT molecular complexity index is 503. The second-order valence-electron chi connectivity index (χ2n) is 5.54. The van der Waals surface area contributed by atoms with Crippen molar-refractivity contribution in [3.8, 4) is 0 Å². The monoisotopic (exact) mass is 301 g/mol. The number of hydrogen-bond acceptors (Lipinski definition) is 3. The first-order chi connectivity index (χ1) is 9.19. The van der Waals surface area contributed by atoms with Gasteiger partial charge in [-0.25, -0.2) is 4.39 Å². The van der Waals surface area contributed by atoms with Gasteiger partial charge in [-0.2, -0.15) is 0 Å². The maximum Gasteiger partial charge on any atom is 0.311 e. The molecule has 0 bridgehead atoms. The van der Waals surface area contributed by atoms with E-state index in [1.165, 1.54) is 6.07 Å². The minimum absolute atomic E-state index is 0.278. The van der Waals surface area contributed by atoms with Crippen molar-refractivity contribution < 1.29 is 13.9 Å². The van der Waals surface area contributed by atoms with Gasteiger partial charge in [0.25, 0.3) is 0 Å². The van der Waals surface area contributed by atoms with Gasteiger partial charge in [0.1, 0.15) is 5.82 Å². The van der Waals surface area contributed by atoms with Crippen molar-refractivity contribution in [1.29, 1.82) is 0 Å². The maximum atomic E-state index is 13.4. The van der Waals surface area contributed by atoms with Gasteiger partial charge in [0.15, 0.2) is 0 Å². The third-order valence-corrected chi connectivity index (χ3v) is 3.56. The maximum absolute atomic E-state index is 13.4. The molecule has 5 heteroatoms. The summed E-state index contributed by atoms with van der Waals surface area (Å²) in [6, 6.07) is 2.42. The molecule has 1 unspecified atom stereocenters. The fraction of sp³-hybridized carbons (Fsp3) is 0.533. The Morgan fingerprint density at radius 1 is 1.50 bits per heavy atom. The van der Waals surface area contributed by atoms with E-state index < -0.39 is 11.5 Å². The second kappa shape index (κ2) is 6.55. The summed E-state index contributed by atoms with van der Waals surface area (Å²) in [5, 5.41) is 0.278. The van der Waals surface area contributed by atoms with Crippen molar-refractivity contribution in [1.82, 2.24) is 0 Å². The van der Waals surface area contributed by atoms with Crippen LogP contribution in [0.15, 0.2) is 12.1 Å². The highest BCUT2D eigenvalue weighted by Crippen LogP contribution is 2.33. The van der Waals surface area contributed by atoms with Crippen molar-refractivity contribution in [2.24, 2.45) is 11.1 Å². The van der Waals surface area contributed by atoms with Crippen molar-refractivity contribution >= 4 is 17.6 Å². The molecule has 0 spiro atoms. The van der Waals surface area contributed by atoms with Gasteiger partial charge in [-0.15, -0.1) is 0 Å². The summed E-state index contributed by atoms with van der Waals surface area (Å²) in [5.41, 5.74) is 6.52. The Balaban J connectivity index is 2.94. The molecule has 0 fully saturated rings. The summed E-state index contributed by atoms with van der Waals surface area (Å²) in [5.74, 6) is -0.666. The molecule has 0 saturated heterocycles. The van der Waals surface area contributed by atoms with Gasteiger partial charge in [-0.3, -0.25) is 4.79 Å². The lowest BCUT2D eigenvalue weighted by Gasteiger charge is -2.26. The summed E-state index contributed by atoms with van der Waals surface area (Å²) in [4.78, 5) is 11.9. The third-order valence-electron chi connectivity index (χ3n) is 3.24. The molecule has 112 valence electrons. The molecule has 0 amide bonds. The molecule has 1 aromatic carbocycles. The number of carbonyl (C=O) groups excluding carboxylic acids is 1. The Labute approximate surface area is 124 Å². The lowest BCUT2D eigenvalue weighted by Crippen LogP contribution is -2.31. The van der Waals surface area contributed by atoms with Crippen LogP contribution in [0.2, 0.25) is 5.02 Å². The van der Waals surface area contributed by atoms with Gasteiger partial charge in [0.05, 0.1) is 12.0 Å². The van der Waals surface area contributed by atoms with Gasteiger partial charge in [0, 0.05) is 11.1 Å². The summed E-state index contributed by atoms with van der Waals surface area (Å²) < 4.78 is 18.4. The smallest absolute Gasteiger partial charge is 0.311 e. The van der Waals surface area contributed by atoms with Crippen LogP contribution in [0.5, 0.6) is 0 Å². The van der Waals surface area contributed by atoms with Crippen molar-refractivity contribution in [3.63, 3.8) is 0 Å². The number of ether oxygens (including phenoxy) is 1. The van der Waals surface area contributed by atoms with E-state index in [-0.39, 0.29) is 16.8 Å². The zero-order valence-electron chi connectivity index (χ0n) is 12.3. The van der Waals surface area contributed by atoms with E-state index in [1.807, 2.05) is 0 Å². The van der Waals surface area contributed by atoms with Crippen LogP contribution >= 0.6 is 11.6 Å². The highest BCUT2D eigenvalue weighted by atomic mass is 35.5. The number of benzene rings is 1. The van der Waals surface area contributed by atoms with Gasteiger partial charge >= 0.3 is 5.97 Å². The Morgan fingerprint density at radius 3 is 2.65 bits per heavy atom. The first-order valence-electron chi connectivity index (χ1n) is 6.57. The number of halogens is 2. The van der Waals surface area contributed by atoms with E-state index in [1.54, 1.807) is 33.8 Å². The highest BCUT2D eigenvalue weighted by molar-refractivity contribution is 6.31. The second-order valence-corrected chi connectivity index (χ2v) is 5.95. The number of aryl methyl sites for hydroxylation is 1. The standard InChI is InChI=1S/C15H21ClFNO2/c1-5-20-14(19)15(3,4)8-13(18)10-6-9(2)12(17)7-11(10)16/h6-7,13H,5,8,18H2,1-4H3. The van der Waals surface area contributed by atoms with Gasteiger partial charge in [-0.05, 0) is 51.3 Å². The largest absolute Gasteiger partial charge is 0.466 e. The summed E-state index contributed by atoms with van der Waals surface area (Å²) in [7, 11) is 0. The molecule has 2 N–H and O–H groups in total. The molecule has 0 radical (unpaired) electrons. The van der Waals surface area contributed by atoms with Crippen LogP contribution < -0.4 is 5.73 Å². The molecule has 1 atom stereocenters. The van der Waals surface area contributed by atoms with Crippen LogP contribution in [-0.2, 0) is 9.53 Å². The van der Waals surface area contributed by atoms with Crippen LogP contribution in [0.1, 0.15) is 44.4 Å². The topological polar surface area (TPSA) is 52.3 Å². The van der Waals surface area contributed by atoms with E-state index in [2.05, 4.69) is 0 Å². The van der Waals surface area contributed by atoms with Crippen molar-refractivity contribution in [2.75, 3.05) is 6.61 Å². The van der Waals surface area contributed by atoms with E-state index in [9.17, 15) is 9.18 Å².